The first-order chi connectivity index (χ1) is 13.2. The maximum Gasteiger partial charge on any atom is 0.258 e. The van der Waals surface area contributed by atoms with Crippen LogP contribution in [0.4, 0.5) is 11.6 Å². The highest BCUT2D eigenvalue weighted by molar-refractivity contribution is 6.33. The summed E-state index contributed by atoms with van der Waals surface area (Å²) in [5.41, 5.74) is 2.05. The normalized spacial score (nSPS) is 10.3. The monoisotopic (exact) mass is 382 g/mol. The minimum Gasteiger partial charge on any atom is -0.497 e. The molecule has 0 bridgehead atoms. The van der Waals surface area contributed by atoms with Crippen molar-refractivity contribution >= 4 is 29.1 Å². The molecule has 2 aromatic carbocycles. The number of para-hydroxylation sites is 1. The van der Waals surface area contributed by atoms with E-state index in [2.05, 4.69) is 20.6 Å². The number of benzene rings is 2. The average molecular weight is 383 g/mol. The second-order valence-corrected chi connectivity index (χ2v) is 6.16. The van der Waals surface area contributed by atoms with Crippen LogP contribution in [0, 0.1) is 0 Å². The Morgan fingerprint density at radius 1 is 1.11 bits per heavy atom. The highest BCUT2D eigenvalue weighted by Crippen LogP contribution is 2.21. The number of anilines is 2. The molecule has 0 aliphatic carbocycles. The quantitative estimate of drug-likeness (QED) is 0.644. The molecule has 3 aromatic rings. The summed E-state index contributed by atoms with van der Waals surface area (Å²) in [4.78, 5) is 20.6. The second-order valence-electron chi connectivity index (χ2n) is 5.76. The summed E-state index contributed by atoms with van der Waals surface area (Å²) in [6, 6.07) is 14.9. The van der Waals surface area contributed by atoms with Gasteiger partial charge in [0.2, 0.25) is 5.95 Å². The second kappa shape index (κ2) is 9.00. The van der Waals surface area contributed by atoms with Crippen molar-refractivity contribution in [3.8, 4) is 5.75 Å². The Morgan fingerprint density at radius 3 is 2.63 bits per heavy atom. The fourth-order valence-electron chi connectivity index (χ4n) is 2.44. The van der Waals surface area contributed by atoms with Crippen LogP contribution in [0.3, 0.4) is 0 Å². The zero-order valence-corrected chi connectivity index (χ0v) is 15.5. The maximum absolute atomic E-state index is 12.3. The summed E-state index contributed by atoms with van der Waals surface area (Å²) in [6.45, 7) is 0.665. The van der Waals surface area contributed by atoms with Crippen molar-refractivity contribution in [2.75, 3.05) is 24.3 Å². The van der Waals surface area contributed by atoms with Gasteiger partial charge in [0.05, 0.1) is 23.4 Å². The number of carbonyl (C=O) groups is 1. The Hall–Kier alpha value is -3.12. The Balaban J connectivity index is 1.53. The molecule has 6 nitrogen and oxygen atoms in total. The molecule has 0 saturated heterocycles. The lowest BCUT2D eigenvalue weighted by atomic mass is 10.1. The van der Waals surface area contributed by atoms with E-state index in [9.17, 15) is 4.79 Å². The first kappa shape index (κ1) is 18.7. The van der Waals surface area contributed by atoms with Crippen molar-refractivity contribution in [1.29, 1.82) is 0 Å². The molecule has 0 unspecified atom stereocenters. The number of nitrogens with zero attached hydrogens (tertiary/aromatic N) is 2. The van der Waals surface area contributed by atoms with Gasteiger partial charge in [-0.15, -0.1) is 0 Å². The molecule has 138 valence electrons. The molecule has 7 heteroatoms. The summed E-state index contributed by atoms with van der Waals surface area (Å²) >= 11 is 6.04. The molecule has 0 aliphatic rings. The molecule has 0 atom stereocenters. The fourth-order valence-corrected chi connectivity index (χ4v) is 2.62. The lowest BCUT2D eigenvalue weighted by Crippen LogP contribution is -2.14. The number of rotatable bonds is 7. The van der Waals surface area contributed by atoms with Gasteiger partial charge in [-0.3, -0.25) is 4.79 Å². The largest absolute Gasteiger partial charge is 0.497 e. The summed E-state index contributed by atoms with van der Waals surface area (Å²) < 4.78 is 5.21. The number of nitrogens with one attached hydrogen (secondary N) is 2. The zero-order chi connectivity index (χ0) is 19.1. The van der Waals surface area contributed by atoms with E-state index < -0.39 is 0 Å². The number of carbonyl (C=O) groups excluding carboxylic acids is 1. The highest BCUT2D eigenvalue weighted by atomic mass is 35.5. The molecule has 0 fully saturated rings. The van der Waals surface area contributed by atoms with Gasteiger partial charge in [-0.05, 0) is 36.2 Å². The molecular formula is C20H19ClN4O2. The summed E-state index contributed by atoms with van der Waals surface area (Å²) in [6.07, 6.45) is 3.76. The molecule has 0 saturated carbocycles. The van der Waals surface area contributed by atoms with Gasteiger partial charge in [-0.1, -0.05) is 35.9 Å². The van der Waals surface area contributed by atoms with E-state index in [1.165, 1.54) is 12.4 Å². The van der Waals surface area contributed by atoms with Gasteiger partial charge in [-0.25, -0.2) is 9.97 Å². The summed E-state index contributed by atoms with van der Waals surface area (Å²) in [7, 11) is 1.65. The van der Waals surface area contributed by atoms with Crippen LogP contribution < -0.4 is 15.4 Å². The van der Waals surface area contributed by atoms with Crippen LogP contribution >= 0.6 is 11.6 Å². The zero-order valence-electron chi connectivity index (χ0n) is 14.8. The van der Waals surface area contributed by atoms with Crippen molar-refractivity contribution in [2.24, 2.45) is 0 Å². The van der Waals surface area contributed by atoms with Crippen molar-refractivity contribution < 1.29 is 9.53 Å². The molecule has 0 aliphatic heterocycles. The van der Waals surface area contributed by atoms with E-state index in [1.807, 2.05) is 24.3 Å². The molecule has 1 heterocycles. The van der Waals surface area contributed by atoms with Crippen LogP contribution in [-0.2, 0) is 6.42 Å². The predicted octanol–water partition coefficient (Wildman–Crippen LogP) is 4.05. The van der Waals surface area contributed by atoms with E-state index in [0.29, 0.717) is 28.8 Å². The number of ether oxygens (including phenoxy) is 1. The maximum atomic E-state index is 12.3. The van der Waals surface area contributed by atoms with Gasteiger partial charge < -0.3 is 15.4 Å². The number of halogens is 1. The van der Waals surface area contributed by atoms with Crippen LogP contribution in [0.5, 0.6) is 5.75 Å². The van der Waals surface area contributed by atoms with Gasteiger partial charge >= 0.3 is 0 Å². The standard InChI is InChI=1S/C20H19ClN4O2/c1-27-16-6-4-5-14(11-16)9-10-22-20-23-12-15(13-24-20)19(26)25-18-8-3-2-7-17(18)21/h2-8,11-13H,9-10H2,1H3,(H,25,26)(H,22,23,24). The summed E-state index contributed by atoms with van der Waals surface area (Å²) in [5, 5.41) is 6.35. The van der Waals surface area contributed by atoms with Crippen molar-refractivity contribution in [3.05, 3.63) is 77.1 Å². The molecule has 0 spiro atoms. The lowest BCUT2D eigenvalue weighted by Gasteiger charge is -2.08. The van der Waals surface area contributed by atoms with Gasteiger partial charge in [0.1, 0.15) is 5.75 Å². The number of methoxy groups -OCH3 is 1. The first-order valence-electron chi connectivity index (χ1n) is 8.40. The average Bonchev–Trinajstić information content (AvgIpc) is 2.70. The number of amides is 1. The Labute approximate surface area is 162 Å². The van der Waals surface area contributed by atoms with Gasteiger partial charge in [-0.2, -0.15) is 0 Å². The van der Waals surface area contributed by atoms with E-state index in [1.54, 1.807) is 31.4 Å². The van der Waals surface area contributed by atoms with Crippen LogP contribution in [0.1, 0.15) is 15.9 Å². The van der Waals surface area contributed by atoms with Gasteiger partial charge in [0, 0.05) is 18.9 Å². The number of hydrogen-bond acceptors (Lipinski definition) is 5. The van der Waals surface area contributed by atoms with Crippen molar-refractivity contribution in [1.82, 2.24) is 9.97 Å². The topological polar surface area (TPSA) is 76.1 Å². The van der Waals surface area contributed by atoms with E-state index in [0.717, 1.165) is 17.7 Å². The molecule has 1 amide bonds. The third-order valence-electron chi connectivity index (χ3n) is 3.87. The van der Waals surface area contributed by atoms with Crippen molar-refractivity contribution in [2.45, 2.75) is 6.42 Å². The van der Waals surface area contributed by atoms with E-state index in [-0.39, 0.29) is 5.91 Å². The molecule has 0 radical (unpaired) electrons. The molecule has 2 N–H and O–H groups in total. The van der Waals surface area contributed by atoms with Crippen LogP contribution in [0.25, 0.3) is 0 Å². The molecular weight excluding hydrogens is 364 g/mol. The Bertz CT molecular complexity index is 916. The molecule has 27 heavy (non-hydrogen) atoms. The SMILES string of the molecule is COc1cccc(CCNc2ncc(C(=O)Nc3ccccc3Cl)cn2)c1. The smallest absolute Gasteiger partial charge is 0.258 e. The molecule has 3 rings (SSSR count). The van der Waals surface area contributed by atoms with Gasteiger partial charge in [0.25, 0.3) is 5.91 Å². The number of hydrogen-bond donors (Lipinski definition) is 2. The lowest BCUT2D eigenvalue weighted by molar-refractivity contribution is 0.102. The van der Waals surface area contributed by atoms with E-state index in [4.69, 9.17) is 16.3 Å². The van der Waals surface area contributed by atoms with Crippen LogP contribution in [-0.4, -0.2) is 29.5 Å². The van der Waals surface area contributed by atoms with Crippen molar-refractivity contribution in [3.63, 3.8) is 0 Å². The van der Waals surface area contributed by atoms with Crippen LogP contribution in [0.2, 0.25) is 5.02 Å². The Morgan fingerprint density at radius 2 is 1.89 bits per heavy atom. The minimum absolute atomic E-state index is 0.314. The fraction of sp³-hybridized carbons (Fsp3) is 0.150. The molecule has 1 aromatic heterocycles. The minimum atomic E-state index is -0.314. The third kappa shape index (κ3) is 5.18. The summed E-state index contributed by atoms with van der Waals surface area (Å²) in [5.74, 6) is 0.982. The van der Waals surface area contributed by atoms with Gasteiger partial charge in [0.15, 0.2) is 0 Å². The highest BCUT2D eigenvalue weighted by Gasteiger charge is 2.09. The number of aromatic nitrogens is 2. The first-order valence-corrected chi connectivity index (χ1v) is 8.78. The predicted molar refractivity (Wildman–Crippen MR) is 107 cm³/mol. The van der Waals surface area contributed by atoms with Crippen LogP contribution in [0.15, 0.2) is 60.9 Å². The third-order valence-corrected chi connectivity index (χ3v) is 4.20. The Kier molecular flexibility index (Phi) is 6.22. The van der Waals surface area contributed by atoms with E-state index >= 15 is 0 Å².